The van der Waals surface area contributed by atoms with Crippen molar-refractivity contribution in [2.24, 2.45) is 5.92 Å². The van der Waals surface area contributed by atoms with Crippen molar-refractivity contribution in [3.05, 3.63) is 11.9 Å². The zero-order chi connectivity index (χ0) is 15.2. The first-order valence-corrected chi connectivity index (χ1v) is 8.51. The van der Waals surface area contributed by atoms with Gasteiger partial charge in [0.05, 0.1) is 0 Å². The van der Waals surface area contributed by atoms with Gasteiger partial charge in [-0.05, 0) is 25.2 Å². The number of anilines is 2. The van der Waals surface area contributed by atoms with E-state index in [-0.39, 0.29) is 0 Å². The Morgan fingerprint density at radius 3 is 2.81 bits per heavy atom. The molecule has 1 aromatic heterocycles. The quantitative estimate of drug-likeness (QED) is 0.858. The molecule has 118 valence electrons. The molecular weight excluding hydrogens is 260 g/mol. The second kappa shape index (κ2) is 7.62. The van der Waals surface area contributed by atoms with E-state index in [0.717, 1.165) is 49.4 Å². The third-order valence-electron chi connectivity index (χ3n) is 4.22. The third kappa shape index (κ3) is 4.32. The van der Waals surface area contributed by atoms with Gasteiger partial charge in [0.1, 0.15) is 17.5 Å². The molecule has 0 spiro atoms. The Balaban J connectivity index is 2.22. The fraction of sp³-hybridized carbons (Fsp3) is 0.765. The van der Waals surface area contributed by atoms with Crippen LogP contribution in [0.15, 0.2) is 6.07 Å². The van der Waals surface area contributed by atoms with Crippen molar-refractivity contribution in [3.8, 4) is 0 Å². The van der Waals surface area contributed by atoms with Gasteiger partial charge in [0.2, 0.25) is 0 Å². The summed E-state index contributed by atoms with van der Waals surface area (Å²) in [7, 11) is 0. The monoisotopic (exact) mass is 290 g/mol. The first-order valence-electron chi connectivity index (χ1n) is 8.51. The van der Waals surface area contributed by atoms with Crippen LogP contribution in [-0.4, -0.2) is 29.6 Å². The molecule has 1 saturated heterocycles. The van der Waals surface area contributed by atoms with Crippen LogP contribution >= 0.6 is 0 Å². The molecule has 0 amide bonds. The van der Waals surface area contributed by atoms with Crippen LogP contribution in [0.3, 0.4) is 0 Å². The lowest BCUT2D eigenvalue weighted by atomic mass is 9.96. The predicted molar refractivity (Wildman–Crippen MR) is 90.1 cm³/mol. The highest BCUT2D eigenvalue weighted by Crippen LogP contribution is 2.26. The van der Waals surface area contributed by atoms with Gasteiger partial charge in [0.25, 0.3) is 0 Å². The molecule has 1 aliphatic rings. The molecule has 0 bridgehead atoms. The zero-order valence-corrected chi connectivity index (χ0v) is 14.0. The molecule has 4 nitrogen and oxygen atoms in total. The van der Waals surface area contributed by atoms with Gasteiger partial charge in [0, 0.05) is 31.6 Å². The Morgan fingerprint density at radius 1 is 1.33 bits per heavy atom. The Bertz CT molecular complexity index is 444. The van der Waals surface area contributed by atoms with E-state index in [1.165, 1.54) is 19.3 Å². The molecule has 0 radical (unpaired) electrons. The summed E-state index contributed by atoms with van der Waals surface area (Å²) in [6.45, 7) is 12.0. The lowest BCUT2D eigenvalue weighted by molar-refractivity contribution is 0.402. The highest BCUT2D eigenvalue weighted by Gasteiger charge is 2.21. The van der Waals surface area contributed by atoms with Crippen molar-refractivity contribution in [1.29, 1.82) is 0 Å². The normalized spacial score (nSPS) is 19.1. The SMILES string of the molecule is CCCNc1cc(N2CCCC(CC)C2)nc(C(C)C)n1. The van der Waals surface area contributed by atoms with Gasteiger partial charge in [-0.2, -0.15) is 0 Å². The van der Waals surface area contributed by atoms with Crippen molar-refractivity contribution < 1.29 is 0 Å². The predicted octanol–water partition coefficient (Wildman–Crippen LogP) is 4.05. The minimum atomic E-state index is 0.360. The zero-order valence-electron chi connectivity index (χ0n) is 14.0. The van der Waals surface area contributed by atoms with E-state index in [0.29, 0.717) is 5.92 Å². The average Bonchev–Trinajstić information content (AvgIpc) is 2.52. The summed E-state index contributed by atoms with van der Waals surface area (Å²) in [6.07, 6.45) is 5.00. The summed E-state index contributed by atoms with van der Waals surface area (Å²) in [5, 5.41) is 3.42. The minimum absolute atomic E-state index is 0.360. The van der Waals surface area contributed by atoms with Gasteiger partial charge in [-0.1, -0.05) is 34.1 Å². The van der Waals surface area contributed by atoms with Crippen LogP contribution in [0.4, 0.5) is 11.6 Å². The second-order valence-electron chi connectivity index (χ2n) is 6.41. The second-order valence-corrected chi connectivity index (χ2v) is 6.41. The summed E-state index contributed by atoms with van der Waals surface area (Å²) in [4.78, 5) is 11.9. The van der Waals surface area contributed by atoms with Crippen LogP contribution in [0.25, 0.3) is 0 Å². The Labute approximate surface area is 129 Å². The molecule has 1 aromatic rings. The average molecular weight is 290 g/mol. The van der Waals surface area contributed by atoms with Gasteiger partial charge < -0.3 is 10.2 Å². The van der Waals surface area contributed by atoms with Crippen LogP contribution in [-0.2, 0) is 0 Å². The van der Waals surface area contributed by atoms with Crippen molar-refractivity contribution >= 4 is 11.6 Å². The molecule has 1 atom stereocenters. The first-order chi connectivity index (χ1) is 10.1. The molecule has 0 aliphatic carbocycles. The standard InChI is InChI=1S/C17H30N4/c1-5-9-18-15-11-16(20-17(19-15)13(3)4)21-10-7-8-14(6-2)12-21/h11,13-14H,5-10,12H2,1-4H3,(H,18,19,20). The van der Waals surface area contributed by atoms with Gasteiger partial charge in [-0.15, -0.1) is 0 Å². The van der Waals surface area contributed by atoms with Crippen molar-refractivity contribution in [2.45, 2.75) is 59.3 Å². The summed E-state index contributed by atoms with van der Waals surface area (Å²) < 4.78 is 0. The summed E-state index contributed by atoms with van der Waals surface area (Å²) in [5.74, 6) is 4.20. The smallest absolute Gasteiger partial charge is 0.135 e. The Kier molecular flexibility index (Phi) is 5.83. The number of rotatable bonds is 6. The number of piperidine rings is 1. The van der Waals surface area contributed by atoms with E-state index in [4.69, 9.17) is 4.98 Å². The molecule has 4 heteroatoms. The van der Waals surface area contributed by atoms with E-state index in [2.05, 4.69) is 49.0 Å². The Hall–Kier alpha value is -1.32. The van der Waals surface area contributed by atoms with Crippen LogP contribution in [0, 0.1) is 5.92 Å². The molecule has 0 saturated carbocycles. The molecule has 1 N–H and O–H groups in total. The van der Waals surface area contributed by atoms with Gasteiger partial charge in [-0.25, -0.2) is 9.97 Å². The Morgan fingerprint density at radius 2 is 2.14 bits per heavy atom. The van der Waals surface area contributed by atoms with Crippen LogP contribution in [0.5, 0.6) is 0 Å². The van der Waals surface area contributed by atoms with E-state index in [1.807, 2.05) is 0 Å². The van der Waals surface area contributed by atoms with E-state index in [9.17, 15) is 0 Å². The molecule has 1 unspecified atom stereocenters. The summed E-state index contributed by atoms with van der Waals surface area (Å²) in [6, 6.07) is 2.12. The highest BCUT2D eigenvalue weighted by molar-refractivity contribution is 5.50. The van der Waals surface area contributed by atoms with Crippen LogP contribution < -0.4 is 10.2 Å². The van der Waals surface area contributed by atoms with E-state index in [1.54, 1.807) is 0 Å². The molecule has 2 heterocycles. The lowest BCUT2D eigenvalue weighted by Gasteiger charge is -2.33. The fourth-order valence-electron chi connectivity index (χ4n) is 2.82. The molecular formula is C17H30N4. The fourth-order valence-corrected chi connectivity index (χ4v) is 2.82. The molecule has 1 aliphatic heterocycles. The molecule has 0 aromatic carbocycles. The van der Waals surface area contributed by atoms with E-state index < -0.39 is 0 Å². The topological polar surface area (TPSA) is 41.0 Å². The van der Waals surface area contributed by atoms with Gasteiger partial charge >= 0.3 is 0 Å². The van der Waals surface area contributed by atoms with Crippen molar-refractivity contribution in [3.63, 3.8) is 0 Å². The highest BCUT2D eigenvalue weighted by atomic mass is 15.2. The first kappa shape index (κ1) is 16.1. The maximum atomic E-state index is 4.81. The minimum Gasteiger partial charge on any atom is -0.370 e. The molecule has 1 fully saturated rings. The maximum Gasteiger partial charge on any atom is 0.135 e. The van der Waals surface area contributed by atoms with Gasteiger partial charge in [-0.3, -0.25) is 0 Å². The maximum absolute atomic E-state index is 4.81. The third-order valence-corrected chi connectivity index (χ3v) is 4.22. The van der Waals surface area contributed by atoms with E-state index >= 15 is 0 Å². The number of hydrogen-bond donors (Lipinski definition) is 1. The van der Waals surface area contributed by atoms with Gasteiger partial charge in [0.15, 0.2) is 0 Å². The van der Waals surface area contributed by atoms with Crippen molar-refractivity contribution in [1.82, 2.24) is 9.97 Å². The lowest BCUT2D eigenvalue weighted by Crippen LogP contribution is -2.36. The number of hydrogen-bond acceptors (Lipinski definition) is 4. The summed E-state index contributed by atoms with van der Waals surface area (Å²) in [5.41, 5.74) is 0. The van der Waals surface area contributed by atoms with Crippen molar-refractivity contribution in [2.75, 3.05) is 29.9 Å². The van der Waals surface area contributed by atoms with Crippen LogP contribution in [0.2, 0.25) is 0 Å². The number of nitrogens with one attached hydrogen (secondary N) is 1. The number of aromatic nitrogens is 2. The number of nitrogens with zero attached hydrogens (tertiary/aromatic N) is 3. The van der Waals surface area contributed by atoms with Crippen LogP contribution in [0.1, 0.15) is 65.1 Å². The summed E-state index contributed by atoms with van der Waals surface area (Å²) >= 11 is 0. The largest absolute Gasteiger partial charge is 0.370 e. The molecule has 2 rings (SSSR count). The molecule has 21 heavy (non-hydrogen) atoms.